The lowest BCUT2D eigenvalue weighted by atomic mass is 10.0. The van der Waals surface area contributed by atoms with E-state index >= 15 is 0 Å². The van der Waals surface area contributed by atoms with Crippen molar-refractivity contribution in [3.8, 4) is 0 Å². The van der Waals surface area contributed by atoms with Crippen LogP contribution in [0.5, 0.6) is 0 Å². The summed E-state index contributed by atoms with van der Waals surface area (Å²) in [6, 6.07) is 13.5. The van der Waals surface area contributed by atoms with Gasteiger partial charge in [-0.25, -0.2) is 4.79 Å². The van der Waals surface area contributed by atoms with Gasteiger partial charge in [0.15, 0.2) is 0 Å². The molecule has 2 N–H and O–H groups in total. The number of anilines is 2. The Hall–Kier alpha value is -2.20. The Bertz CT molecular complexity index is 711. The number of rotatable bonds is 4. The summed E-state index contributed by atoms with van der Waals surface area (Å²) in [6.07, 6.45) is 0. The summed E-state index contributed by atoms with van der Waals surface area (Å²) in [5, 5.41) is 0.519. The van der Waals surface area contributed by atoms with Crippen LogP contribution in [0, 0.1) is 0 Å². The zero-order chi connectivity index (χ0) is 17.9. The summed E-state index contributed by atoms with van der Waals surface area (Å²) >= 11 is 5.98. The van der Waals surface area contributed by atoms with E-state index in [0.717, 1.165) is 11.3 Å². The van der Waals surface area contributed by atoms with Gasteiger partial charge >= 0.3 is 6.03 Å². The minimum Gasteiger partial charge on any atom is -0.398 e. The van der Waals surface area contributed by atoms with E-state index in [0.29, 0.717) is 23.2 Å². The van der Waals surface area contributed by atoms with Gasteiger partial charge in [-0.2, -0.15) is 0 Å². The van der Waals surface area contributed by atoms with Crippen LogP contribution >= 0.6 is 11.6 Å². The summed E-state index contributed by atoms with van der Waals surface area (Å²) in [7, 11) is 3.49. The van der Waals surface area contributed by atoms with E-state index in [1.54, 1.807) is 36.0 Å². The molecule has 0 saturated heterocycles. The van der Waals surface area contributed by atoms with E-state index in [2.05, 4.69) is 26.0 Å². The molecule has 0 fully saturated rings. The number of benzene rings is 2. The van der Waals surface area contributed by atoms with Gasteiger partial charge in [0, 0.05) is 19.8 Å². The fraction of sp³-hybridized carbons (Fsp3) is 0.316. The Morgan fingerprint density at radius 2 is 1.75 bits per heavy atom. The van der Waals surface area contributed by atoms with Crippen molar-refractivity contribution < 1.29 is 4.79 Å². The summed E-state index contributed by atoms with van der Waals surface area (Å²) < 4.78 is 0. The maximum Gasteiger partial charge on any atom is 0.324 e. The Balaban J connectivity index is 2.33. The number of urea groups is 1. The number of halogens is 1. The monoisotopic (exact) mass is 345 g/mol. The normalized spacial score (nSPS) is 10.8. The largest absolute Gasteiger partial charge is 0.398 e. The van der Waals surface area contributed by atoms with Crippen LogP contribution in [0.3, 0.4) is 0 Å². The zero-order valence-electron chi connectivity index (χ0n) is 14.6. The molecular weight excluding hydrogens is 322 g/mol. The lowest BCUT2D eigenvalue weighted by Crippen LogP contribution is -2.38. The van der Waals surface area contributed by atoms with Crippen LogP contribution in [-0.4, -0.2) is 25.0 Å². The molecule has 2 aromatic carbocycles. The highest BCUT2D eigenvalue weighted by Crippen LogP contribution is 2.25. The van der Waals surface area contributed by atoms with E-state index in [1.807, 2.05) is 18.2 Å². The summed E-state index contributed by atoms with van der Waals surface area (Å²) in [4.78, 5) is 15.9. The van der Waals surface area contributed by atoms with Gasteiger partial charge in [-0.3, -0.25) is 4.90 Å². The maximum atomic E-state index is 12.6. The Labute approximate surface area is 148 Å². The average Bonchev–Trinajstić information content (AvgIpc) is 2.55. The number of carbonyl (C=O) groups excluding carboxylic acids is 1. The van der Waals surface area contributed by atoms with Gasteiger partial charge in [-0.05, 0) is 41.3 Å². The molecule has 0 heterocycles. The average molecular weight is 346 g/mol. The smallest absolute Gasteiger partial charge is 0.324 e. The number of nitrogen functional groups attached to an aromatic ring is 1. The SMILES string of the molecule is CC(C)c1ccc(N(Cc2ccc(Cl)c(N)c2)C(=O)N(C)C)cc1. The second kappa shape index (κ2) is 7.58. The number of carbonyl (C=O) groups is 1. The van der Waals surface area contributed by atoms with Gasteiger partial charge in [-0.15, -0.1) is 0 Å². The van der Waals surface area contributed by atoms with Crippen LogP contribution in [0.4, 0.5) is 16.2 Å². The molecule has 4 nitrogen and oxygen atoms in total. The minimum atomic E-state index is -0.0826. The molecule has 5 heteroatoms. The van der Waals surface area contributed by atoms with E-state index < -0.39 is 0 Å². The first-order valence-corrected chi connectivity index (χ1v) is 8.30. The van der Waals surface area contributed by atoms with Crippen LogP contribution in [0.2, 0.25) is 5.02 Å². The maximum absolute atomic E-state index is 12.6. The fourth-order valence-corrected chi connectivity index (χ4v) is 2.54. The van der Waals surface area contributed by atoms with Gasteiger partial charge < -0.3 is 10.6 Å². The molecule has 0 spiro atoms. The molecule has 0 saturated carbocycles. The molecule has 0 radical (unpaired) electrons. The third-order valence-electron chi connectivity index (χ3n) is 3.89. The first kappa shape index (κ1) is 18.1. The van der Waals surface area contributed by atoms with Crippen molar-refractivity contribution in [2.75, 3.05) is 24.7 Å². The molecule has 0 aliphatic rings. The van der Waals surface area contributed by atoms with Crippen molar-refractivity contribution in [2.45, 2.75) is 26.3 Å². The fourth-order valence-electron chi connectivity index (χ4n) is 2.42. The molecule has 24 heavy (non-hydrogen) atoms. The third-order valence-corrected chi connectivity index (χ3v) is 4.23. The Morgan fingerprint density at radius 3 is 2.25 bits per heavy atom. The van der Waals surface area contributed by atoms with Crippen molar-refractivity contribution in [2.24, 2.45) is 0 Å². The van der Waals surface area contributed by atoms with Gasteiger partial charge in [0.25, 0.3) is 0 Å². The predicted molar refractivity (Wildman–Crippen MR) is 102 cm³/mol. The number of nitrogens with zero attached hydrogens (tertiary/aromatic N) is 2. The molecule has 0 aliphatic carbocycles. The van der Waals surface area contributed by atoms with Crippen molar-refractivity contribution >= 4 is 29.0 Å². The first-order valence-electron chi connectivity index (χ1n) is 7.92. The minimum absolute atomic E-state index is 0.0826. The highest BCUT2D eigenvalue weighted by molar-refractivity contribution is 6.33. The van der Waals surface area contributed by atoms with Crippen molar-refractivity contribution in [1.29, 1.82) is 0 Å². The van der Waals surface area contributed by atoms with Gasteiger partial charge in [0.1, 0.15) is 0 Å². The van der Waals surface area contributed by atoms with Gasteiger partial charge in [0.2, 0.25) is 0 Å². The molecular formula is C19H24ClN3O. The summed E-state index contributed by atoms with van der Waals surface area (Å²) in [5.41, 5.74) is 9.42. The Kier molecular flexibility index (Phi) is 5.73. The lowest BCUT2D eigenvalue weighted by molar-refractivity contribution is 0.223. The molecule has 0 bridgehead atoms. The van der Waals surface area contributed by atoms with Crippen LogP contribution < -0.4 is 10.6 Å². The molecule has 2 amide bonds. The molecule has 0 unspecified atom stereocenters. The van der Waals surface area contributed by atoms with Gasteiger partial charge in [-0.1, -0.05) is 43.6 Å². The van der Waals surface area contributed by atoms with Crippen LogP contribution in [0.15, 0.2) is 42.5 Å². The summed E-state index contributed by atoms with van der Waals surface area (Å²) in [6.45, 7) is 4.72. The molecule has 0 atom stereocenters. The number of nitrogens with two attached hydrogens (primary N) is 1. The first-order chi connectivity index (χ1) is 11.3. The highest BCUT2D eigenvalue weighted by atomic mass is 35.5. The Morgan fingerprint density at radius 1 is 1.12 bits per heavy atom. The van der Waals surface area contributed by atoms with E-state index in [4.69, 9.17) is 17.3 Å². The van der Waals surface area contributed by atoms with Crippen LogP contribution in [0.25, 0.3) is 0 Å². The zero-order valence-corrected chi connectivity index (χ0v) is 15.3. The molecule has 0 aliphatic heterocycles. The molecule has 0 aromatic heterocycles. The predicted octanol–water partition coefficient (Wildman–Crippen LogP) is 4.73. The summed E-state index contributed by atoms with van der Waals surface area (Å²) in [5.74, 6) is 0.452. The van der Waals surface area contributed by atoms with Crippen LogP contribution in [0.1, 0.15) is 30.9 Å². The van der Waals surface area contributed by atoms with Crippen LogP contribution in [-0.2, 0) is 6.54 Å². The highest BCUT2D eigenvalue weighted by Gasteiger charge is 2.18. The number of amides is 2. The van der Waals surface area contributed by atoms with Crippen molar-refractivity contribution in [1.82, 2.24) is 4.90 Å². The van der Waals surface area contributed by atoms with E-state index in [9.17, 15) is 4.79 Å². The third kappa shape index (κ3) is 4.20. The molecule has 2 rings (SSSR count). The van der Waals surface area contributed by atoms with E-state index in [1.165, 1.54) is 5.56 Å². The lowest BCUT2D eigenvalue weighted by Gasteiger charge is -2.27. The van der Waals surface area contributed by atoms with E-state index in [-0.39, 0.29) is 6.03 Å². The van der Waals surface area contributed by atoms with Crippen molar-refractivity contribution in [3.05, 3.63) is 58.6 Å². The number of hydrogen-bond acceptors (Lipinski definition) is 2. The van der Waals surface area contributed by atoms with Gasteiger partial charge in [0.05, 0.1) is 17.3 Å². The second-order valence-corrected chi connectivity index (χ2v) is 6.77. The van der Waals surface area contributed by atoms with Crippen molar-refractivity contribution in [3.63, 3.8) is 0 Å². The number of hydrogen-bond donors (Lipinski definition) is 1. The topological polar surface area (TPSA) is 49.6 Å². The molecule has 128 valence electrons. The second-order valence-electron chi connectivity index (χ2n) is 6.37. The quantitative estimate of drug-likeness (QED) is 0.814. The molecule has 2 aromatic rings. The standard InChI is InChI=1S/C19H24ClN3O/c1-13(2)15-6-8-16(9-7-15)23(19(24)22(3)4)12-14-5-10-17(20)18(21)11-14/h5-11,13H,12,21H2,1-4H3.